The molecule has 90 heavy (non-hydrogen) atoms. The normalized spacial score (nSPS) is 23.4. The summed E-state index contributed by atoms with van der Waals surface area (Å²) < 4.78 is 13.0. The van der Waals surface area contributed by atoms with Gasteiger partial charge in [-0.15, -0.1) is 0 Å². The maximum Gasteiger partial charge on any atom is 0.137 e. The third kappa shape index (κ3) is 7.60. The Bertz CT molecular complexity index is 5030. The predicted molar refractivity (Wildman–Crippen MR) is 372 cm³/mol. The largest absolute Gasteiger partial charge is 0.456 e. The molecule has 20 rings (SSSR count). The predicted octanol–water partition coefficient (Wildman–Crippen LogP) is 23.9. The molecule has 13 aromatic rings. The van der Waals surface area contributed by atoms with Crippen molar-refractivity contribution in [3.05, 3.63) is 264 Å². The smallest absolute Gasteiger partial charge is 0.137 e. The number of nitrogens with zero attached hydrogens (tertiary/aromatic N) is 2. The van der Waals surface area contributed by atoms with Crippen LogP contribution in [0.3, 0.4) is 0 Å². The number of anilines is 6. The van der Waals surface area contributed by atoms with Crippen molar-refractivity contribution in [2.24, 2.45) is 29.1 Å². The van der Waals surface area contributed by atoms with E-state index in [1.165, 1.54) is 142 Å². The average molecular weight is 1170 g/mol. The summed E-state index contributed by atoms with van der Waals surface area (Å²) in [6.07, 6.45) is 13.8. The SMILES string of the molecule is Cc1cc(-c2cccc(-c3ccc(-c4ccc(N(c5ccc6oc7ccccc7c6c5)c5ccc(C67CC8CC9CC(C6)C987)cc5-c5ccccc5)c(C)c4)cc3)c2)ccc1N(c1ccc2c(c1)oc1ccccc12)c1ccc(C23CCC(CC2)CC3)cc1C. The van der Waals surface area contributed by atoms with Crippen LogP contribution in [-0.2, 0) is 10.8 Å². The Morgan fingerprint density at radius 2 is 0.833 bits per heavy atom. The summed E-state index contributed by atoms with van der Waals surface area (Å²) in [6.45, 7) is 6.87. The number of para-hydroxylation sites is 2. The summed E-state index contributed by atoms with van der Waals surface area (Å²) in [4.78, 5) is 4.99. The molecule has 2 heterocycles. The van der Waals surface area contributed by atoms with Gasteiger partial charge in [0.25, 0.3) is 0 Å². The highest BCUT2D eigenvalue weighted by atomic mass is 16.3. The summed E-state index contributed by atoms with van der Waals surface area (Å²) in [5, 5.41) is 4.55. The lowest BCUT2D eigenvalue weighted by atomic mass is 9.12. The van der Waals surface area contributed by atoms with Gasteiger partial charge in [-0.1, -0.05) is 140 Å². The van der Waals surface area contributed by atoms with Crippen molar-refractivity contribution in [2.45, 2.75) is 95.8 Å². The van der Waals surface area contributed by atoms with E-state index in [9.17, 15) is 0 Å². The second kappa shape index (κ2) is 19.6. The molecule has 0 saturated heterocycles. The first-order valence-electron chi connectivity index (χ1n) is 33.4. The molecule has 7 fully saturated rings. The number of rotatable bonds is 12. The molecule has 2 aromatic heterocycles. The van der Waals surface area contributed by atoms with Gasteiger partial charge in [0.2, 0.25) is 0 Å². The molecule has 1 spiro atoms. The minimum absolute atomic E-state index is 0.324. The van der Waals surface area contributed by atoms with Crippen LogP contribution >= 0.6 is 0 Å². The van der Waals surface area contributed by atoms with E-state index in [1.54, 1.807) is 5.56 Å². The van der Waals surface area contributed by atoms with Crippen LogP contribution in [0.1, 0.15) is 92.0 Å². The lowest BCUT2D eigenvalue weighted by Gasteiger charge is -2.91. The zero-order valence-corrected chi connectivity index (χ0v) is 51.6. The van der Waals surface area contributed by atoms with Gasteiger partial charge in [0, 0.05) is 67.0 Å². The molecule has 11 aromatic carbocycles. The summed E-state index contributed by atoms with van der Waals surface area (Å²) in [7, 11) is 0. The van der Waals surface area contributed by atoms with Gasteiger partial charge < -0.3 is 18.6 Å². The van der Waals surface area contributed by atoms with Gasteiger partial charge in [-0.25, -0.2) is 0 Å². The molecule has 4 heteroatoms. The third-order valence-electron chi connectivity index (χ3n) is 24.1. The topological polar surface area (TPSA) is 32.8 Å². The zero-order valence-electron chi connectivity index (χ0n) is 51.6. The maximum atomic E-state index is 6.53. The van der Waals surface area contributed by atoms with Crippen LogP contribution in [0.2, 0.25) is 0 Å². The highest BCUT2D eigenvalue weighted by Crippen LogP contribution is 2.92. The van der Waals surface area contributed by atoms with Gasteiger partial charge in [0.05, 0.1) is 5.69 Å². The van der Waals surface area contributed by atoms with E-state index < -0.39 is 0 Å². The van der Waals surface area contributed by atoms with Gasteiger partial charge in [-0.2, -0.15) is 0 Å². The fraction of sp³-hybridized carbons (Fsp3) is 0.233. The van der Waals surface area contributed by atoms with Crippen molar-refractivity contribution >= 4 is 78.0 Å². The number of hydrogen-bond acceptors (Lipinski definition) is 4. The first kappa shape index (κ1) is 52.5. The van der Waals surface area contributed by atoms with Gasteiger partial charge in [0.1, 0.15) is 22.3 Å². The summed E-state index contributed by atoms with van der Waals surface area (Å²) in [5.41, 5.74) is 28.4. The van der Waals surface area contributed by atoms with E-state index in [1.807, 2.05) is 0 Å². The number of fused-ring (bicyclic) bond motifs is 9. The van der Waals surface area contributed by atoms with Gasteiger partial charge >= 0.3 is 0 Å². The number of benzene rings is 11. The van der Waals surface area contributed by atoms with Crippen LogP contribution in [0, 0.1) is 49.9 Å². The number of aryl methyl sites for hydroxylation is 3. The van der Waals surface area contributed by atoms with E-state index in [2.05, 4.69) is 267 Å². The number of furan rings is 2. The first-order chi connectivity index (χ1) is 44.2. The highest BCUT2D eigenvalue weighted by molar-refractivity contribution is 6.08. The third-order valence-corrected chi connectivity index (χ3v) is 24.1. The van der Waals surface area contributed by atoms with Crippen LogP contribution < -0.4 is 9.80 Å². The van der Waals surface area contributed by atoms with E-state index >= 15 is 0 Å². The molecule has 7 aliphatic carbocycles. The Morgan fingerprint density at radius 1 is 0.344 bits per heavy atom. The van der Waals surface area contributed by atoms with E-state index in [4.69, 9.17) is 8.83 Å². The summed E-state index contributed by atoms with van der Waals surface area (Å²) in [5.74, 6) is 3.77. The van der Waals surface area contributed by atoms with Gasteiger partial charge in [-0.3, -0.25) is 0 Å². The maximum absolute atomic E-state index is 6.53. The van der Waals surface area contributed by atoms with Crippen molar-refractivity contribution in [2.75, 3.05) is 9.80 Å². The van der Waals surface area contributed by atoms with Gasteiger partial charge in [0.15, 0.2) is 0 Å². The van der Waals surface area contributed by atoms with Crippen LogP contribution in [-0.4, -0.2) is 0 Å². The van der Waals surface area contributed by atoms with Crippen molar-refractivity contribution in [1.82, 2.24) is 0 Å². The molecular formula is C86H72N2O2. The molecule has 0 N–H and O–H groups in total. The Hall–Kier alpha value is -9.38. The summed E-state index contributed by atoms with van der Waals surface area (Å²) in [6, 6.07) is 88.8. The van der Waals surface area contributed by atoms with E-state index in [0.29, 0.717) is 16.2 Å². The lowest BCUT2D eigenvalue weighted by Crippen LogP contribution is -2.87. The first-order valence-corrected chi connectivity index (χ1v) is 33.4. The van der Waals surface area contributed by atoms with Crippen LogP contribution in [0.5, 0.6) is 0 Å². The Labute approximate surface area is 527 Å². The minimum Gasteiger partial charge on any atom is -0.456 e. The molecule has 0 aliphatic heterocycles. The van der Waals surface area contributed by atoms with Crippen LogP contribution in [0.4, 0.5) is 34.1 Å². The minimum atomic E-state index is 0.324. The molecular weight excluding hydrogens is 1090 g/mol. The molecule has 4 nitrogen and oxygen atoms in total. The van der Waals surface area contributed by atoms with Crippen molar-refractivity contribution in [3.8, 4) is 44.5 Å². The van der Waals surface area contributed by atoms with Gasteiger partial charge in [-0.05, 0) is 277 Å². The van der Waals surface area contributed by atoms with Crippen molar-refractivity contribution in [1.29, 1.82) is 0 Å². The second-order valence-electron chi connectivity index (χ2n) is 28.2. The Balaban J connectivity index is 0.644. The molecule has 2 unspecified atom stereocenters. The molecule has 438 valence electrons. The highest BCUT2D eigenvalue weighted by Gasteiger charge is 2.87. The van der Waals surface area contributed by atoms with Crippen molar-refractivity contribution in [3.63, 3.8) is 0 Å². The van der Waals surface area contributed by atoms with Crippen LogP contribution in [0.25, 0.3) is 88.4 Å². The second-order valence-corrected chi connectivity index (χ2v) is 28.2. The van der Waals surface area contributed by atoms with E-state index in [0.717, 1.165) is 90.3 Å². The molecule has 0 amide bonds. The molecule has 7 aliphatic rings. The molecule has 7 saturated carbocycles. The lowest BCUT2D eigenvalue weighted by molar-refractivity contribution is -0.395. The fourth-order valence-electron chi connectivity index (χ4n) is 19.6. The molecule has 2 bridgehead atoms. The number of hydrogen-bond donors (Lipinski definition) is 0. The van der Waals surface area contributed by atoms with Crippen LogP contribution in [0.15, 0.2) is 245 Å². The molecule has 2 atom stereocenters. The quantitative estimate of drug-likeness (QED) is 0.122. The fourth-order valence-corrected chi connectivity index (χ4v) is 19.6. The van der Waals surface area contributed by atoms with E-state index in [-0.39, 0.29) is 0 Å². The Kier molecular flexibility index (Phi) is 11.4. The molecule has 0 radical (unpaired) electrons. The summed E-state index contributed by atoms with van der Waals surface area (Å²) >= 11 is 0. The average Bonchev–Trinajstić information content (AvgIpc) is 0.630. The zero-order chi connectivity index (χ0) is 59.6. The monoisotopic (exact) mass is 1160 g/mol. The Morgan fingerprint density at radius 3 is 1.48 bits per heavy atom. The standard InChI is InChI=1S/C86H72N2O2/c1-53-42-62(24-31-77(53)88(69-29-35-82-75(49-69)72-17-8-10-19-81(72)89-82)79-34-27-65(48-74(79)59-12-5-4-6-13-59)85-51-67-46-66-47-68(52-85)86(66,67)85)58-22-20-57(21-23-58)60-14-11-15-61(45-60)63-25-32-76(54(2)43-63)87(70-28-30-73-71-16-7-9-18-80(71)90-83(73)50-70)78-33-26-64(44-55(78)3)84-39-36-56(37-40-84)38-41-84/h4-35,42-45,48-50,56,66-68H,36-41,46-47,51-52H2,1-3H3. The van der Waals surface area contributed by atoms with Crippen molar-refractivity contribution < 1.29 is 8.83 Å².